The van der Waals surface area contributed by atoms with Gasteiger partial charge in [0, 0.05) is 45.3 Å². The zero-order chi connectivity index (χ0) is 14.7. The smallest absolute Gasteiger partial charge is 0.312 e. The van der Waals surface area contributed by atoms with Crippen molar-refractivity contribution in [2.75, 3.05) is 45.8 Å². The van der Waals surface area contributed by atoms with Crippen LogP contribution in [0.4, 0.5) is 0 Å². The van der Waals surface area contributed by atoms with Crippen LogP contribution in [0, 0.1) is 0 Å². The first-order valence-electron chi connectivity index (χ1n) is 7.13. The van der Waals surface area contributed by atoms with E-state index in [4.69, 9.17) is 0 Å². The SMILES string of the molecule is CCN1CCN(CC(=O)N2CCNCC2C)C(=O)C1=O. The summed E-state index contributed by atoms with van der Waals surface area (Å²) in [4.78, 5) is 40.6. The summed E-state index contributed by atoms with van der Waals surface area (Å²) < 4.78 is 0. The Morgan fingerprint density at radius 2 is 1.85 bits per heavy atom. The van der Waals surface area contributed by atoms with E-state index < -0.39 is 11.8 Å². The van der Waals surface area contributed by atoms with Gasteiger partial charge in [0.2, 0.25) is 5.91 Å². The first-order chi connectivity index (χ1) is 9.54. The van der Waals surface area contributed by atoms with E-state index >= 15 is 0 Å². The lowest BCUT2D eigenvalue weighted by atomic mass is 10.2. The zero-order valence-corrected chi connectivity index (χ0v) is 12.1. The molecule has 20 heavy (non-hydrogen) atoms. The molecule has 1 atom stereocenters. The van der Waals surface area contributed by atoms with Crippen molar-refractivity contribution in [3.8, 4) is 0 Å². The summed E-state index contributed by atoms with van der Waals surface area (Å²) in [6, 6.07) is 0.124. The summed E-state index contributed by atoms with van der Waals surface area (Å²) in [5, 5.41) is 3.22. The van der Waals surface area contributed by atoms with Crippen molar-refractivity contribution in [2.45, 2.75) is 19.9 Å². The van der Waals surface area contributed by atoms with Crippen LogP contribution in [0.25, 0.3) is 0 Å². The van der Waals surface area contributed by atoms with E-state index in [-0.39, 0.29) is 18.5 Å². The fraction of sp³-hybridized carbons (Fsp3) is 0.769. The molecule has 7 nitrogen and oxygen atoms in total. The van der Waals surface area contributed by atoms with Crippen LogP contribution in [-0.2, 0) is 14.4 Å². The molecule has 7 heteroatoms. The van der Waals surface area contributed by atoms with Crippen LogP contribution < -0.4 is 5.32 Å². The fourth-order valence-corrected chi connectivity index (χ4v) is 2.63. The van der Waals surface area contributed by atoms with Crippen molar-refractivity contribution in [2.24, 2.45) is 0 Å². The molecule has 2 rings (SSSR count). The van der Waals surface area contributed by atoms with E-state index in [1.54, 1.807) is 4.90 Å². The van der Waals surface area contributed by atoms with Crippen LogP contribution in [-0.4, -0.2) is 84.3 Å². The van der Waals surface area contributed by atoms with Crippen molar-refractivity contribution in [1.82, 2.24) is 20.0 Å². The Morgan fingerprint density at radius 1 is 1.20 bits per heavy atom. The van der Waals surface area contributed by atoms with Gasteiger partial charge in [-0.2, -0.15) is 0 Å². The largest absolute Gasteiger partial charge is 0.336 e. The molecule has 1 unspecified atom stereocenters. The van der Waals surface area contributed by atoms with Crippen LogP contribution in [0.5, 0.6) is 0 Å². The van der Waals surface area contributed by atoms with E-state index in [0.29, 0.717) is 26.2 Å². The van der Waals surface area contributed by atoms with Gasteiger partial charge in [0.1, 0.15) is 6.54 Å². The highest BCUT2D eigenvalue weighted by Crippen LogP contribution is 2.08. The number of piperazine rings is 2. The molecule has 0 radical (unpaired) electrons. The molecule has 0 aromatic heterocycles. The Balaban J connectivity index is 1.94. The Hall–Kier alpha value is -1.63. The van der Waals surface area contributed by atoms with Gasteiger partial charge in [-0.05, 0) is 13.8 Å². The molecule has 0 aromatic carbocycles. The zero-order valence-electron chi connectivity index (χ0n) is 12.1. The van der Waals surface area contributed by atoms with Gasteiger partial charge in [-0.15, -0.1) is 0 Å². The highest BCUT2D eigenvalue weighted by atomic mass is 16.2. The molecular weight excluding hydrogens is 260 g/mol. The van der Waals surface area contributed by atoms with Crippen molar-refractivity contribution in [1.29, 1.82) is 0 Å². The van der Waals surface area contributed by atoms with Gasteiger partial charge >= 0.3 is 11.8 Å². The summed E-state index contributed by atoms with van der Waals surface area (Å²) in [7, 11) is 0. The number of amides is 3. The Morgan fingerprint density at radius 3 is 2.50 bits per heavy atom. The molecule has 0 bridgehead atoms. The molecule has 112 valence electrons. The van der Waals surface area contributed by atoms with E-state index in [1.807, 2.05) is 13.8 Å². The fourth-order valence-electron chi connectivity index (χ4n) is 2.63. The number of nitrogens with one attached hydrogen (secondary N) is 1. The van der Waals surface area contributed by atoms with Crippen LogP contribution in [0.15, 0.2) is 0 Å². The molecular formula is C13H22N4O3. The minimum Gasteiger partial charge on any atom is -0.336 e. The summed E-state index contributed by atoms with van der Waals surface area (Å²) in [6.07, 6.45) is 0. The predicted octanol–water partition coefficient (Wildman–Crippen LogP) is -1.50. The molecule has 2 saturated heterocycles. The second-order valence-electron chi connectivity index (χ2n) is 5.25. The maximum Gasteiger partial charge on any atom is 0.312 e. The van der Waals surface area contributed by atoms with Gasteiger partial charge in [0.15, 0.2) is 0 Å². The number of hydrogen-bond acceptors (Lipinski definition) is 4. The van der Waals surface area contributed by atoms with Crippen molar-refractivity contribution in [3.05, 3.63) is 0 Å². The first kappa shape index (κ1) is 14.8. The maximum atomic E-state index is 12.3. The normalized spacial score (nSPS) is 24.3. The van der Waals surface area contributed by atoms with Gasteiger partial charge < -0.3 is 20.0 Å². The van der Waals surface area contributed by atoms with Gasteiger partial charge in [0.05, 0.1) is 0 Å². The standard InChI is InChI=1S/C13H22N4O3/c1-3-15-6-7-16(13(20)12(15)19)9-11(18)17-5-4-14-8-10(17)2/h10,14H,3-9H2,1-2H3. The molecule has 1 N–H and O–H groups in total. The molecule has 0 spiro atoms. The number of likely N-dealkylation sites (N-methyl/N-ethyl adjacent to an activating group) is 1. The van der Waals surface area contributed by atoms with E-state index in [1.165, 1.54) is 9.80 Å². The van der Waals surface area contributed by atoms with Gasteiger partial charge in [-0.3, -0.25) is 14.4 Å². The quantitative estimate of drug-likeness (QED) is 0.639. The molecule has 2 fully saturated rings. The molecule has 2 aliphatic heterocycles. The van der Waals surface area contributed by atoms with Crippen LogP contribution in [0.1, 0.15) is 13.8 Å². The average molecular weight is 282 g/mol. The second-order valence-corrected chi connectivity index (χ2v) is 5.25. The Bertz CT molecular complexity index is 412. The summed E-state index contributed by atoms with van der Waals surface area (Å²) >= 11 is 0. The highest BCUT2D eigenvalue weighted by Gasteiger charge is 2.34. The molecule has 3 amide bonds. The number of carbonyl (C=O) groups excluding carboxylic acids is 3. The third kappa shape index (κ3) is 2.92. The minimum atomic E-state index is -0.561. The van der Waals surface area contributed by atoms with Gasteiger partial charge in [-0.25, -0.2) is 0 Å². The number of rotatable bonds is 3. The monoisotopic (exact) mass is 282 g/mol. The average Bonchev–Trinajstić information content (AvgIpc) is 2.44. The molecule has 0 aliphatic carbocycles. The summed E-state index contributed by atoms with van der Waals surface area (Å²) in [6.45, 7) is 7.48. The predicted molar refractivity (Wildman–Crippen MR) is 72.9 cm³/mol. The topological polar surface area (TPSA) is 73.0 Å². The third-order valence-corrected chi connectivity index (χ3v) is 3.93. The Kier molecular flexibility index (Phi) is 4.59. The summed E-state index contributed by atoms with van der Waals surface area (Å²) in [5.74, 6) is -1.14. The van der Waals surface area contributed by atoms with E-state index in [9.17, 15) is 14.4 Å². The number of hydrogen-bond donors (Lipinski definition) is 1. The van der Waals surface area contributed by atoms with E-state index in [2.05, 4.69) is 5.32 Å². The van der Waals surface area contributed by atoms with Gasteiger partial charge in [-0.1, -0.05) is 0 Å². The molecule has 0 saturated carbocycles. The molecule has 2 aliphatic rings. The first-order valence-corrected chi connectivity index (χ1v) is 7.13. The van der Waals surface area contributed by atoms with Crippen molar-refractivity contribution >= 4 is 17.7 Å². The van der Waals surface area contributed by atoms with Crippen LogP contribution >= 0.6 is 0 Å². The second kappa shape index (κ2) is 6.21. The maximum absolute atomic E-state index is 12.3. The lowest BCUT2D eigenvalue weighted by Gasteiger charge is -2.37. The van der Waals surface area contributed by atoms with Crippen molar-refractivity contribution in [3.63, 3.8) is 0 Å². The number of nitrogens with zero attached hydrogens (tertiary/aromatic N) is 3. The Labute approximate surface area is 118 Å². The number of carbonyl (C=O) groups is 3. The van der Waals surface area contributed by atoms with Crippen molar-refractivity contribution < 1.29 is 14.4 Å². The minimum absolute atomic E-state index is 0.00642. The molecule has 0 aromatic rings. The summed E-state index contributed by atoms with van der Waals surface area (Å²) in [5.41, 5.74) is 0. The molecule has 2 heterocycles. The van der Waals surface area contributed by atoms with Crippen LogP contribution in [0.2, 0.25) is 0 Å². The van der Waals surface area contributed by atoms with Gasteiger partial charge in [0.25, 0.3) is 0 Å². The highest BCUT2D eigenvalue weighted by molar-refractivity contribution is 6.35. The lowest BCUT2D eigenvalue weighted by molar-refractivity contribution is -0.157. The third-order valence-electron chi connectivity index (χ3n) is 3.93. The van der Waals surface area contributed by atoms with E-state index in [0.717, 1.165) is 13.1 Å². The lowest BCUT2D eigenvalue weighted by Crippen LogP contribution is -2.59. The van der Waals surface area contributed by atoms with Crippen LogP contribution in [0.3, 0.4) is 0 Å².